The molecule has 0 amide bonds. The van der Waals surface area contributed by atoms with E-state index in [9.17, 15) is 9.59 Å². The standard InChI is InChI=1S/C21H18N2O2S/c1-14-8-11-19-18(12-14)20(24)22(13-17-10-9-15(2)26-17)21(25)23(19)16-6-4-3-5-7-16/h3-12H,13H2,1-2H3. The lowest BCUT2D eigenvalue weighted by Crippen LogP contribution is -2.39. The van der Waals surface area contributed by atoms with E-state index in [1.54, 1.807) is 15.9 Å². The summed E-state index contributed by atoms with van der Waals surface area (Å²) in [5.41, 5.74) is 1.82. The molecule has 0 N–H and O–H groups in total. The van der Waals surface area contributed by atoms with Crippen LogP contribution in [0.15, 0.2) is 70.3 Å². The zero-order chi connectivity index (χ0) is 18.3. The van der Waals surface area contributed by atoms with Gasteiger partial charge in [-0.05, 0) is 50.2 Å². The van der Waals surface area contributed by atoms with Crippen LogP contribution in [0.3, 0.4) is 0 Å². The summed E-state index contributed by atoms with van der Waals surface area (Å²) in [6.07, 6.45) is 0. The van der Waals surface area contributed by atoms with Crippen molar-refractivity contribution in [2.75, 3.05) is 0 Å². The van der Waals surface area contributed by atoms with Gasteiger partial charge in [-0.1, -0.05) is 29.8 Å². The maximum absolute atomic E-state index is 13.2. The number of aryl methyl sites for hydroxylation is 2. The van der Waals surface area contributed by atoms with Gasteiger partial charge < -0.3 is 0 Å². The predicted octanol–water partition coefficient (Wildman–Crippen LogP) is 3.88. The highest BCUT2D eigenvalue weighted by Gasteiger charge is 2.15. The highest BCUT2D eigenvalue weighted by Crippen LogP contribution is 2.18. The van der Waals surface area contributed by atoms with Crippen LogP contribution in [0.2, 0.25) is 0 Å². The average molecular weight is 362 g/mol. The van der Waals surface area contributed by atoms with Crippen LogP contribution in [0, 0.1) is 13.8 Å². The third-order valence-electron chi connectivity index (χ3n) is 4.42. The van der Waals surface area contributed by atoms with Crippen LogP contribution in [-0.4, -0.2) is 9.13 Å². The van der Waals surface area contributed by atoms with Crippen molar-refractivity contribution < 1.29 is 0 Å². The van der Waals surface area contributed by atoms with Gasteiger partial charge in [0.25, 0.3) is 5.56 Å². The van der Waals surface area contributed by atoms with E-state index in [-0.39, 0.29) is 17.8 Å². The number of hydrogen-bond donors (Lipinski definition) is 0. The summed E-state index contributed by atoms with van der Waals surface area (Å²) in [5.74, 6) is 0. The van der Waals surface area contributed by atoms with Gasteiger partial charge in [-0.3, -0.25) is 13.9 Å². The predicted molar refractivity (Wildman–Crippen MR) is 107 cm³/mol. The second kappa shape index (κ2) is 6.42. The maximum atomic E-state index is 13.2. The Morgan fingerprint density at radius 1 is 0.923 bits per heavy atom. The van der Waals surface area contributed by atoms with Crippen LogP contribution in [-0.2, 0) is 6.54 Å². The molecule has 2 aromatic heterocycles. The van der Waals surface area contributed by atoms with E-state index in [2.05, 4.69) is 0 Å². The Labute approximate surface area is 154 Å². The molecular formula is C21H18N2O2S. The zero-order valence-electron chi connectivity index (χ0n) is 14.6. The molecule has 0 aliphatic carbocycles. The molecule has 5 heteroatoms. The Morgan fingerprint density at radius 3 is 2.38 bits per heavy atom. The molecule has 0 atom stereocenters. The van der Waals surface area contributed by atoms with E-state index in [1.807, 2.05) is 74.5 Å². The molecule has 0 spiro atoms. The highest BCUT2D eigenvalue weighted by atomic mass is 32.1. The van der Waals surface area contributed by atoms with E-state index in [0.29, 0.717) is 10.9 Å². The molecule has 0 unspecified atom stereocenters. The van der Waals surface area contributed by atoms with Gasteiger partial charge in [0.15, 0.2) is 0 Å². The summed E-state index contributed by atoms with van der Waals surface area (Å²) < 4.78 is 2.96. The van der Waals surface area contributed by atoms with Gasteiger partial charge in [-0.2, -0.15) is 0 Å². The molecule has 0 aliphatic heterocycles. The summed E-state index contributed by atoms with van der Waals surface area (Å²) in [6, 6.07) is 19.0. The van der Waals surface area contributed by atoms with Crippen molar-refractivity contribution in [3.63, 3.8) is 0 Å². The molecule has 26 heavy (non-hydrogen) atoms. The van der Waals surface area contributed by atoms with Crippen molar-refractivity contribution in [3.05, 3.63) is 96.8 Å². The van der Waals surface area contributed by atoms with Gasteiger partial charge >= 0.3 is 5.69 Å². The van der Waals surface area contributed by atoms with Gasteiger partial charge in [0.1, 0.15) is 0 Å². The molecular weight excluding hydrogens is 344 g/mol. The van der Waals surface area contributed by atoms with Gasteiger partial charge in [0.05, 0.1) is 23.1 Å². The van der Waals surface area contributed by atoms with E-state index in [0.717, 1.165) is 21.0 Å². The number of aromatic nitrogens is 2. The number of rotatable bonds is 3. The first kappa shape index (κ1) is 16.5. The molecule has 0 radical (unpaired) electrons. The van der Waals surface area contributed by atoms with E-state index >= 15 is 0 Å². The largest absolute Gasteiger partial charge is 0.336 e. The molecule has 0 aliphatic rings. The molecule has 0 saturated heterocycles. The van der Waals surface area contributed by atoms with Crippen LogP contribution in [0.5, 0.6) is 0 Å². The van der Waals surface area contributed by atoms with E-state index in [1.165, 1.54) is 4.57 Å². The van der Waals surface area contributed by atoms with Gasteiger partial charge in [0, 0.05) is 9.75 Å². The van der Waals surface area contributed by atoms with Gasteiger partial charge in [-0.25, -0.2) is 4.79 Å². The maximum Gasteiger partial charge on any atom is 0.336 e. The fourth-order valence-electron chi connectivity index (χ4n) is 3.16. The van der Waals surface area contributed by atoms with Crippen molar-refractivity contribution in [2.45, 2.75) is 20.4 Å². The Kier molecular flexibility index (Phi) is 4.09. The summed E-state index contributed by atoms with van der Waals surface area (Å²) in [5, 5.41) is 0.557. The molecule has 130 valence electrons. The second-order valence-electron chi connectivity index (χ2n) is 6.38. The minimum Gasteiger partial charge on any atom is -0.268 e. The Hall–Kier alpha value is -2.92. The van der Waals surface area contributed by atoms with Crippen molar-refractivity contribution in [1.82, 2.24) is 9.13 Å². The summed E-state index contributed by atoms with van der Waals surface area (Å²) in [4.78, 5) is 28.4. The Morgan fingerprint density at radius 2 is 1.69 bits per heavy atom. The zero-order valence-corrected chi connectivity index (χ0v) is 15.4. The number of benzene rings is 2. The Bertz CT molecular complexity index is 1220. The van der Waals surface area contributed by atoms with Crippen LogP contribution in [0.1, 0.15) is 15.3 Å². The fraction of sp³-hybridized carbons (Fsp3) is 0.143. The molecule has 4 aromatic rings. The van der Waals surface area contributed by atoms with Gasteiger partial charge in [0.2, 0.25) is 0 Å². The third kappa shape index (κ3) is 2.80. The quantitative estimate of drug-likeness (QED) is 0.555. The highest BCUT2D eigenvalue weighted by molar-refractivity contribution is 7.11. The number of nitrogens with zero attached hydrogens (tertiary/aromatic N) is 2. The van der Waals surface area contributed by atoms with Crippen molar-refractivity contribution in [2.24, 2.45) is 0 Å². The molecule has 2 heterocycles. The third-order valence-corrected chi connectivity index (χ3v) is 5.40. The molecule has 0 bridgehead atoms. The topological polar surface area (TPSA) is 44.0 Å². The first-order valence-electron chi connectivity index (χ1n) is 8.41. The van der Waals surface area contributed by atoms with Gasteiger partial charge in [-0.15, -0.1) is 11.3 Å². The molecule has 0 fully saturated rings. The summed E-state index contributed by atoms with van der Waals surface area (Å²) in [6.45, 7) is 4.25. The lowest BCUT2D eigenvalue weighted by molar-refractivity contribution is 0.692. The molecule has 4 rings (SSSR count). The fourth-order valence-corrected chi connectivity index (χ4v) is 4.04. The smallest absolute Gasteiger partial charge is 0.268 e. The van der Waals surface area contributed by atoms with Crippen LogP contribution in [0.4, 0.5) is 0 Å². The minimum absolute atomic E-state index is 0.244. The lowest BCUT2D eigenvalue weighted by Gasteiger charge is -2.14. The van der Waals surface area contributed by atoms with Crippen molar-refractivity contribution in [1.29, 1.82) is 0 Å². The number of para-hydroxylation sites is 1. The monoisotopic (exact) mass is 362 g/mol. The normalized spacial score (nSPS) is 11.2. The van der Waals surface area contributed by atoms with Crippen molar-refractivity contribution >= 4 is 22.2 Å². The van der Waals surface area contributed by atoms with E-state index in [4.69, 9.17) is 0 Å². The first-order valence-corrected chi connectivity index (χ1v) is 9.23. The number of fused-ring (bicyclic) bond motifs is 1. The first-order chi connectivity index (χ1) is 12.5. The van der Waals surface area contributed by atoms with Crippen LogP contribution < -0.4 is 11.2 Å². The second-order valence-corrected chi connectivity index (χ2v) is 7.75. The molecule has 0 saturated carbocycles. The Balaban J connectivity index is 2.06. The number of hydrogen-bond acceptors (Lipinski definition) is 3. The van der Waals surface area contributed by atoms with Crippen LogP contribution >= 0.6 is 11.3 Å². The molecule has 2 aromatic carbocycles. The SMILES string of the molecule is Cc1ccc2c(c1)c(=O)n(Cc1ccc(C)s1)c(=O)n2-c1ccccc1. The summed E-state index contributed by atoms with van der Waals surface area (Å²) in [7, 11) is 0. The summed E-state index contributed by atoms with van der Waals surface area (Å²) >= 11 is 1.60. The lowest BCUT2D eigenvalue weighted by atomic mass is 10.1. The van der Waals surface area contributed by atoms with Crippen LogP contribution in [0.25, 0.3) is 16.6 Å². The minimum atomic E-state index is -0.316. The van der Waals surface area contributed by atoms with Crippen molar-refractivity contribution in [3.8, 4) is 5.69 Å². The van der Waals surface area contributed by atoms with E-state index < -0.39 is 0 Å². The average Bonchev–Trinajstić information content (AvgIpc) is 3.05. The number of thiophene rings is 1. The molecule has 4 nitrogen and oxygen atoms in total.